The highest BCUT2D eigenvalue weighted by molar-refractivity contribution is 7.89. The topological polar surface area (TPSA) is 63.4 Å². The Morgan fingerprint density at radius 3 is 2.43 bits per heavy atom. The van der Waals surface area contributed by atoms with Gasteiger partial charge in [-0.3, -0.25) is 0 Å². The van der Waals surface area contributed by atoms with Gasteiger partial charge in [0.2, 0.25) is 10.0 Å². The first-order valence-corrected chi connectivity index (χ1v) is 9.27. The van der Waals surface area contributed by atoms with Crippen molar-refractivity contribution in [3.63, 3.8) is 0 Å². The second kappa shape index (κ2) is 5.76. The largest absolute Gasteiger partial charge is 0.361 e. The third kappa shape index (κ3) is 2.81. The summed E-state index contributed by atoms with van der Waals surface area (Å²) in [7, 11) is -3.55. The summed E-state index contributed by atoms with van der Waals surface area (Å²) in [5, 5.41) is 4.03. The average molecular weight is 334 g/mol. The standard InChI is InChI=1S/C17H22N2O3S/c1-11-8-13(3)17(9-12(11)2)23(20,21)19-7-5-6-16(19)15-10-14(4)22-18-15/h8-10,16H,5-7H2,1-4H3/t16-/m0/s1. The van der Waals surface area contributed by atoms with Gasteiger partial charge in [-0.1, -0.05) is 11.2 Å². The van der Waals surface area contributed by atoms with Crippen LogP contribution >= 0.6 is 0 Å². The highest BCUT2D eigenvalue weighted by Gasteiger charge is 2.38. The Balaban J connectivity index is 2.03. The van der Waals surface area contributed by atoms with Crippen molar-refractivity contribution in [1.82, 2.24) is 9.46 Å². The number of nitrogens with zero attached hydrogens (tertiary/aromatic N) is 2. The molecule has 1 aromatic carbocycles. The van der Waals surface area contributed by atoms with Crippen LogP contribution in [0.2, 0.25) is 0 Å². The van der Waals surface area contributed by atoms with E-state index in [1.54, 1.807) is 10.4 Å². The third-order valence-electron chi connectivity index (χ3n) is 4.57. The molecule has 2 heterocycles. The minimum absolute atomic E-state index is 0.238. The van der Waals surface area contributed by atoms with E-state index in [1.807, 2.05) is 39.8 Å². The molecular formula is C17H22N2O3S. The number of hydrogen-bond acceptors (Lipinski definition) is 4. The highest BCUT2D eigenvalue weighted by Crippen LogP contribution is 2.37. The SMILES string of the molecule is Cc1cc([C@@H]2CCCN2S(=O)(=O)c2cc(C)c(C)cc2C)no1. The van der Waals surface area contributed by atoms with Crippen molar-refractivity contribution in [3.05, 3.63) is 46.3 Å². The molecule has 0 amide bonds. The molecule has 1 fully saturated rings. The quantitative estimate of drug-likeness (QED) is 0.862. The van der Waals surface area contributed by atoms with E-state index in [0.717, 1.165) is 29.5 Å². The normalized spacial score (nSPS) is 19.4. The van der Waals surface area contributed by atoms with Crippen LogP contribution in [0, 0.1) is 27.7 Å². The fourth-order valence-electron chi connectivity index (χ4n) is 3.20. The van der Waals surface area contributed by atoms with Crippen LogP contribution in [0.3, 0.4) is 0 Å². The molecule has 1 aromatic heterocycles. The molecular weight excluding hydrogens is 312 g/mol. The van der Waals surface area contributed by atoms with Gasteiger partial charge in [0.1, 0.15) is 11.5 Å². The Bertz CT molecular complexity index is 840. The maximum atomic E-state index is 13.2. The van der Waals surface area contributed by atoms with E-state index in [-0.39, 0.29) is 6.04 Å². The number of hydrogen-bond donors (Lipinski definition) is 0. The molecule has 124 valence electrons. The lowest BCUT2D eigenvalue weighted by Gasteiger charge is -2.24. The zero-order valence-electron chi connectivity index (χ0n) is 14.0. The minimum atomic E-state index is -3.55. The number of rotatable bonds is 3. The minimum Gasteiger partial charge on any atom is -0.361 e. The summed E-state index contributed by atoms with van der Waals surface area (Å²) in [6.07, 6.45) is 1.61. The van der Waals surface area contributed by atoms with Gasteiger partial charge in [-0.05, 0) is 63.3 Å². The maximum Gasteiger partial charge on any atom is 0.243 e. The predicted octanol–water partition coefficient (Wildman–Crippen LogP) is 3.43. The van der Waals surface area contributed by atoms with Gasteiger partial charge in [0.15, 0.2) is 0 Å². The summed E-state index contributed by atoms with van der Waals surface area (Å²) < 4.78 is 33.1. The second-order valence-corrected chi connectivity index (χ2v) is 8.20. The molecule has 2 aromatic rings. The molecule has 0 spiro atoms. The van der Waals surface area contributed by atoms with E-state index in [1.165, 1.54) is 0 Å². The first-order chi connectivity index (χ1) is 10.8. The van der Waals surface area contributed by atoms with Crippen molar-refractivity contribution in [2.45, 2.75) is 51.5 Å². The Morgan fingerprint density at radius 2 is 1.78 bits per heavy atom. The fourth-order valence-corrected chi connectivity index (χ4v) is 5.17. The van der Waals surface area contributed by atoms with E-state index in [9.17, 15) is 8.42 Å². The van der Waals surface area contributed by atoms with Crippen molar-refractivity contribution in [3.8, 4) is 0 Å². The molecule has 0 saturated carbocycles. The molecule has 0 bridgehead atoms. The first kappa shape index (κ1) is 16.2. The van der Waals surface area contributed by atoms with Gasteiger partial charge in [-0.15, -0.1) is 0 Å². The molecule has 5 nitrogen and oxygen atoms in total. The molecule has 0 N–H and O–H groups in total. The highest BCUT2D eigenvalue weighted by atomic mass is 32.2. The Labute approximate surface area is 137 Å². The van der Waals surface area contributed by atoms with Crippen LogP contribution in [0.25, 0.3) is 0 Å². The monoisotopic (exact) mass is 334 g/mol. The molecule has 1 aliphatic rings. The van der Waals surface area contributed by atoms with E-state index in [4.69, 9.17) is 4.52 Å². The van der Waals surface area contributed by atoms with Gasteiger partial charge in [0, 0.05) is 12.6 Å². The Kier molecular flexibility index (Phi) is 4.06. The lowest BCUT2D eigenvalue weighted by atomic mass is 10.1. The van der Waals surface area contributed by atoms with Crippen LogP contribution in [0.1, 0.15) is 47.0 Å². The van der Waals surface area contributed by atoms with E-state index < -0.39 is 10.0 Å². The lowest BCUT2D eigenvalue weighted by Crippen LogP contribution is -2.31. The van der Waals surface area contributed by atoms with Gasteiger partial charge < -0.3 is 4.52 Å². The van der Waals surface area contributed by atoms with Crippen molar-refractivity contribution < 1.29 is 12.9 Å². The molecule has 1 atom stereocenters. The Morgan fingerprint density at radius 1 is 1.09 bits per heavy atom. The number of aryl methyl sites for hydroxylation is 4. The molecule has 6 heteroatoms. The number of benzene rings is 1. The zero-order valence-corrected chi connectivity index (χ0v) is 14.8. The van der Waals surface area contributed by atoms with Crippen molar-refractivity contribution in [2.75, 3.05) is 6.54 Å². The smallest absolute Gasteiger partial charge is 0.243 e. The van der Waals surface area contributed by atoms with Crippen LogP contribution in [0.4, 0.5) is 0 Å². The second-order valence-electron chi connectivity index (χ2n) is 6.34. The van der Waals surface area contributed by atoms with Gasteiger partial charge >= 0.3 is 0 Å². The average Bonchev–Trinajstić information content (AvgIpc) is 3.11. The Hall–Kier alpha value is -1.66. The van der Waals surface area contributed by atoms with Crippen LogP contribution in [-0.2, 0) is 10.0 Å². The van der Waals surface area contributed by atoms with Crippen molar-refractivity contribution in [1.29, 1.82) is 0 Å². The zero-order chi connectivity index (χ0) is 16.8. The summed E-state index contributed by atoms with van der Waals surface area (Å²) in [5.41, 5.74) is 3.58. The van der Waals surface area contributed by atoms with Gasteiger partial charge in [-0.2, -0.15) is 4.31 Å². The molecule has 0 radical (unpaired) electrons. The van der Waals surface area contributed by atoms with E-state index in [2.05, 4.69) is 5.16 Å². The van der Waals surface area contributed by atoms with Crippen molar-refractivity contribution in [2.24, 2.45) is 0 Å². The first-order valence-electron chi connectivity index (χ1n) is 7.83. The molecule has 3 rings (SSSR count). The molecule has 0 unspecified atom stereocenters. The predicted molar refractivity (Wildman–Crippen MR) is 87.8 cm³/mol. The number of aromatic nitrogens is 1. The van der Waals surface area contributed by atoms with Gasteiger partial charge in [0.05, 0.1) is 10.9 Å². The van der Waals surface area contributed by atoms with Crippen LogP contribution in [0.5, 0.6) is 0 Å². The molecule has 1 saturated heterocycles. The molecule has 1 aliphatic heterocycles. The third-order valence-corrected chi connectivity index (χ3v) is 6.62. The number of sulfonamides is 1. The lowest BCUT2D eigenvalue weighted by molar-refractivity contribution is 0.349. The van der Waals surface area contributed by atoms with Crippen molar-refractivity contribution >= 4 is 10.0 Å². The molecule has 23 heavy (non-hydrogen) atoms. The molecule has 0 aliphatic carbocycles. The van der Waals surface area contributed by atoms with Gasteiger partial charge in [-0.25, -0.2) is 8.42 Å². The van der Waals surface area contributed by atoms with E-state index in [0.29, 0.717) is 22.9 Å². The van der Waals surface area contributed by atoms with Crippen LogP contribution in [0.15, 0.2) is 27.6 Å². The fraction of sp³-hybridized carbons (Fsp3) is 0.471. The summed E-state index contributed by atoms with van der Waals surface area (Å²) in [4.78, 5) is 0.396. The van der Waals surface area contributed by atoms with Crippen LogP contribution in [-0.4, -0.2) is 24.4 Å². The summed E-state index contributed by atoms with van der Waals surface area (Å²) in [5.74, 6) is 0.701. The summed E-state index contributed by atoms with van der Waals surface area (Å²) in [6.45, 7) is 8.12. The summed E-state index contributed by atoms with van der Waals surface area (Å²) >= 11 is 0. The maximum absolute atomic E-state index is 13.2. The van der Waals surface area contributed by atoms with Gasteiger partial charge in [0.25, 0.3) is 0 Å². The van der Waals surface area contributed by atoms with Crippen LogP contribution < -0.4 is 0 Å². The summed E-state index contributed by atoms with van der Waals surface area (Å²) in [6, 6.07) is 5.31. The van der Waals surface area contributed by atoms with E-state index >= 15 is 0 Å².